The lowest BCUT2D eigenvalue weighted by Crippen LogP contribution is -2.31. The normalized spacial score (nSPS) is 15.3. The van der Waals surface area contributed by atoms with E-state index >= 15 is 0 Å². The lowest BCUT2D eigenvalue weighted by molar-refractivity contribution is 0.0944. The minimum absolute atomic E-state index is 0.0693. The van der Waals surface area contributed by atoms with Crippen LogP contribution >= 0.6 is 0 Å². The number of benzene rings is 1. The minimum Gasteiger partial charge on any atom is -0.345 e. The highest BCUT2D eigenvalue weighted by Crippen LogP contribution is 2.30. The van der Waals surface area contributed by atoms with Crippen molar-refractivity contribution in [3.05, 3.63) is 72.1 Å². The van der Waals surface area contributed by atoms with Gasteiger partial charge < -0.3 is 5.32 Å². The van der Waals surface area contributed by atoms with Crippen molar-refractivity contribution in [1.29, 1.82) is 0 Å². The highest BCUT2D eigenvalue weighted by atomic mass is 32.2. The van der Waals surface area contributed by atoms with Gasteiger partial charge in [0, 0.05) is 12.7 Å². The van der Waals surface area contributed by atoms with Gasteiger partial charge in [-0.05, 0) is 24.3 Å². The molecule has 0 saturated heterocycles. The maximum absolute atomic E-state index is 13.0. The van der Waals surface area contributed by atoms with E-state index in [4.69, 9.17) is 0 Å². The highest BCUT2D eigenvalue weighted by molar-refractivity contribution is 7.89. The van der Waals surface area contributed by atoms with Crippen molar-refractivity contribution >= 4 is 15.9 Å². The number of hydrogen-bond donors (Lipinski definition) is 1. The van der Waals surface area contributed by atoms with E-state index in [1.165, 1.54) is 10.6 Å². The molecule has 0 saturated carbocycles. The number of fused-ring (bicyclic) bond motifs is 3. The number of carbonyl (C=O) groups excluding carboxylic acids is 1. The second kappa shape index (κ2) is 7.17. The van der Waals surface area contributed by atoms with Gasteiger partial charge in [0.15, 0.2) is 5.69 Å². The standard InChI is InChI=1S/C19H19N5O3S/c1-2-23-12-16-18(19(25)21-11-14-7-5-6-10-20-14)22-13-24(16)15-8-3-4-9-17(15)28(23,26)27/h3-10,13H,2,11-12H2,1H3,(H,21,25). The van der Waals surface area contributed by atoms with Crippen LogP contribution in [0.15, 0.2) is 59.9 Å². The molecule has 1 amide bonds. The zero-order valence-corrected chi connectivity index (χ0v) is 16.1. The molecule has 1 aliphatic rings. The molecule has 8 nitrogen and oxygen atoms in total. The Kier molecular flexibility index (Phi) is 4.70. The first-order chi connectivity index (χ1) is 13.5. The van der Waals surface area contributed by atoms with Gasteiger partial charge in [-0.2, -0.15) is 4.31 Å². The maximum Gasteiger partial charge on any atom is 0.272 e. The topological polar surface area (TPSA) is 97.2 Å². The first kappa shape index (κ1) is 18.3. The molecule has 1 aliphatic heterocycles. The third-order valence-electron chi connectivity index (χ3n) is 4.66. The zero-order chi connectivity index (χ0) is 19.7. The number of carbonyl (C=O) groups is 1. The Balaban J connectivity index is 1.72. The molecule has 0 unspecified atom stereocenters. The van der Waals surface area contributed by atoms with Crippen molar-refractivity contribution in [2.75, 3.05) is 6.54 Å². The predicted octanol–water partition coefficient (Wildman–Crippen LogP) is 1.72. The average Bonchev–Trinajstić information content (AvgIpc) is 3.10. The van der Waals surface area contributed by atoms with Gasteiger partial charge in [0.05, 0.1) is 30.2 Å². The summed E-state index contributed by atoms with van der Waals surface area (Å²) in [6.07, 6.45) is 3.16. The SMILES string of the molecule is CCN1Cc2c(C(=O)NCc3ccccn3)ncn2-c2ccccc2S1(=O)=O. The summed E-state index contributed by atoms with van der Waals surface area (Å²) in [7, 11) is -3.66. The monoisotopic (exact) mass is 397 g/mol. The predicted molar refractivity (Wildman–Crippen MR) is 102 cm³/mol. The molecule has 2 aromatic heterocycles. The van der Waals surface area contributed by atoms with Crippen molar-refractivity contribution in [1.82, 2.24) is 24.2 Å². The Bertz CT molecular complexity index is 1130. The van der Waals surface area contributed by atoms with E-state index in [1.54, 1.807) is 48.0 Å². The second-order valence-electron chi connectivity index (χ2n) is 6.31. The highest BCUT2D eigenvalue weighted by Gasteiger charge is 2.33. The van der Waals surface area contributed by atoms with Gasteiger partial charge >= 0.3 is 0 Å². The first-order valence-corrected chi connectivity index (χ1v) is 10.3. The summed E-state index contributed by atoms with van der Waals surface area (Å²) in [5.74, 6) is -0.368. The van der Waals surface area contributed by atoms with E-state index in [2.05, 4.69) is 15.3 Å². The summed E-state index contributed by atoms with van der Waals surface area (Å²) in [4.78, 5) is 21.4. The summed E-state index contributed by atoms with van der Waals surface area (Å²) in [5.41, 5.74) is 1.96. The van der Waals surface area contributed by atoms with Crippen LogP contribution in [0.3, 0.4) is 0 Å². The van der Waals surface area contributed by atoms with Crippen LogP contribution in [0, 0.1) is 0 Å². The Hall–Kier alpha value is -3.04. The van der Waals surface area contributed by atoms with Gasteiger partial charge in [-0.3, -0.25) is 14.3 Å². The Morgan fingerprint density at radius 2 is 1.93 bits per heavy atom. The molecular formula is C19H19N5O3S. The number of rotatable bonds is 4. The van der Waals surface area contributed by atoms with Gasteiger partial charge in [-0.15, -0.1) is 0 Å². The van der Waals surface area contributed by atoms with Gasteiger partial charge in [-0.1, -0.05) is 25.1 Å². The molecule has 0 bridgehead atoms. The third-order valence-corrected chi connectivity index (χ3v) is 6.63. The number of nitrogens with zero attached hydrogens (tertiary/aromatic N) is 4. The van der Waals surface area contributed by atoms with Crippen molar-refractivity contribution in [3.63, 3.8) is 0 Å². The number of sulfonamides is 1. The fourth-order valence-electron chi connectivity index (χ4n) is 3.23. The molecule has 4 rings (SSSR count). The quantitative estimate of drug-likeness (QED) is 0.723. The number of imidazole rings is 1. The number of pyridine rings is 1. The summed E-state index contributed by atoms with van der Waals surface area (Å²) in [6.45, 7) is 2.39. The molecule has 0 atom stereocenters. The molecule has 0 radical (unpaired) electrons. The van der Waals surface area contributed by atoms with Crippen LogP contribution in [-0.4, -0.2) is 39.7 Å². The van der Waals surface area contributed by atoms with Crippen LogP contribution in [0.5, 0.6) is 0 Å². The molecule has 0 spiro atoms. The van der Waals surface area contributed by atoms with Crippen LogP contribution in [0.2, 0.25) is 0 Å². The van der Waals surface area contributed by atoms with E-state index in [-0.39, 0.29) is 36.1 Å². The molecule has 3 aromatic rings. The molecule has 1 N–H and O–H groups in total. The van der Waals surface area contributed by atoms with E-state index in [0.29, 0.717) is 11.4 Å². The molecule has 1 aromatic carbocycles. The average molecular weight is 397 g/mol. The zero-order valence-electron chi connectivity index (χ0n) is 15.2. The van der Waals surface area contributed by atoms with Crippen molar-refractivity contribution in [3.8, 4) is 5.69 Å². The van der Waals surface area contributed by atoms with Crippen LogP contribution in [0.1, 0.15) is 28.8 Å². The lowest BCUT2D eigenvalue weighted by Gasteiger charge is -2.18. The van der Waals surface area contributed by atoms with Gasteiger partial charge in [0.2, 0.25) is 10.0 Å². The first-order valence-electron chi connectivity index (χ1n) is 8.86. The minimum atomic E-state index is -3.66. The van der Waals surface area contributed by atoms with Gasteiger partial charge in [-0.25, -0.2) is 13.4 Å². The summed E-state index contributed by atoms with van der Waals surface area (Å²) >= 11 is 0. The van der Waals surface area contributed by atoms with Crippen LogP contribution in [-0.2, 0) is 23.1 Å². The second-order valence-corrected chi connectivity index (χ2v) is 8.22. The molecule has 0 aliphatic carbocycles. The van der Waals surface area contributed by atoms with E-state index in [0.717, 1.165) is 5.69 Å². The van der Waals surface area contributed by atoms with Crippen molar-refractivity contribution in [2.24, 2.45) is 0 Å². The molecule has 3 heterocycles. The lowest BCUT2D eigenvalue weighted by atomic mass is 10.2. The Morgan fingerprint density at radius 1 is 1.14 bits per heavy atom. The van der Waals surface area contributed by atoms with Crippen molar-refractivity contribution < 1.29 is 13.2 Å². The number of amides is 1. The molecule has 144 valence electrons. The van der Waals surface area contributed by atoms with Gasteiger partial charge in [0.25, 0.3) is 5.91 Å². The summed E-state index contributed by atoms with van der Waals surface area (Å²) in [5, 5.41) is 2.80. The number of aromatic nitrogens is 3. The van der Waals surface area contributed by atoms with E-state index in [9.17, 15) is 13.2 Å². The van der Waals surface area contributed by atoms with E-state index in [1.807, 2.05) is 12.1 Å². The fraction of sp³-hybridized carbons (Fsp3) is 0.211. The molecule has 0 fully saturated rings. The molecule has 28 heavy (non-hydrogen) atoms. The van der Waals surface area contributed by atoms with Gasteiger partial charge in [0.1, 0.15) is 11.2 Å². The summed E-state index contributed by atoms with van der Waals surface area (Å²) < 4.78 is 29.0. The van der Waals surface area contributed by atoms with Crippen LogP contribution in [0.25, 0.3) is 5.69 Å². The van der Waals surface area contributed by atoms with Crippen molar-refractivity contribution in [2.45, 2.75) is 24.9 Å². The summed E-state index contributed by atoms with van der Waals surface area (Å²) in [6, 6.07) is 12.2. The van der Waals surface area contributed by atoms with Crippen LogP contribution < -0.4 is 5.32 Å². The van der Waals surface area contributed by atoms with E-state index < -0.39 is 10.0 Å². The smallest absolute Gasteiger partial charge is 0.272 e. The Labute approximate surface area is 162 Å². The Morgan fingerprint density at radius 3 is 2.68 bits per heavy atom. The number of hydrogen-bond acceptors (Lipinski definition) is 5. The maximum atomic E-state index is 13.0. The molecular weight excluding hydrogens is 378 g/mol. The largest absolute Gasteiger partial charge is 0.345 e. The number of nitrogens with one attached hydrogen (secondary N) is 1. The third kappa shape index (κ3) is 3.08. The van der Waals surface area contributed by atoms with Crippen LogP contribution in [0.4, 0.5) is 0 Å². The fourth-order valence-corrected chi connectivity index (χ4v) is 4.82. The molecule has 9 heteroatoms. The number of para-hydroxylation sites is 1.